The zero-order valence-corrected chi connectivity index (χ0v) is 17.8. The van der Waals surface area contributed by atoms with Crippen LogP contribution in [0.25, 0.3) is 0 Å². The molecule has 0 spiro atoms. The predicted octanol–water partition coefficient (Wildman–Crippen LogP) is 4.89. The highest BCUT2D eigenvalue weighted by Gasteiger charge is 2.21. The Labute approximate surface area is 160 Å². The first-order chi connectivity index (χ1) is 12.3. The van der Waals surface area contributed by atoms with Crippen LogP contribution in [0.3, 0.4) is 0 Å². The van der Waals surface area contributed by atoms with Gasteiger partial charge in [0.15, 0.2) is 0 Å². The van der Waals surface area contributed by atoms with E-state index in [2.05, 4.69) is 6.92 Å². The zero-order chi connectivity index (χ0) is 19.8. The lowest BCUT2D eigenvalue weighted by Gasteiger charge is -2.20. The van der Waals surface area contributed by atoms with Gasteiger partial charge in [0.1, 0.15) is 0 Å². The van der Waals surface area contributed by atoms with Gasteiger partial charge in [-0.1, -0.05) is 77.2 Å². The van der Waals surface area contributed by atoms with Crippen LogP contribution in [0.5, 0.6) is 0 Å². The van der Waals surface area contributed by atoms with E-state index < -0.39 is 19.7 Å². The third-order valence-electron chi connectivity index (χ3n) is 4.90. The third-order valence-corrected chi connectivity index (χ3v) is 5.74. The molecule has 0 radical (unpaired) electrons. The number of hydrogen-bond donors (Lipinski definition) is 4. The molecule has 6 heteroatoms. The molecule has 0 amide bonds. The van der Waals surface area contributed by atoms with Crippen molar-refractivity contribution in [1.82, 2.24) is 0 Å². The molecule has 0 aliphatic rings. The lowest BCUT2D eigenvalue weighted by Crippen LogP contribution is -2.36. The number of allylic oxidation sites excluding steroid dienone is 1. The fraction of sp³-hybridized carbons (Fsp3) is 0.900. The van der Waals surface area contributed by atoms with Crippen molar-refractivity contribution in [1.29, 1.82) is 0 Å². The van der Waals surface area contributed by atoms with Crippen molar-refractivity contribution in [2.75, 3.05) is 6.16 Å². The first kappa shape index (κ1) is 25.8. The molecule has 26 heavy (non-hydrogen) atoms. The van der Waals surface area contributed by atoms with Crippen LogP contribution in [-0.2, 0) is 4.57 Å². The first-order valence-electron chi connectivity index (χ1n) is 10.4. The van der Waals surface area contributed by atoms with E-state index in [9.17, 15) is 9.67 Å². The van der Waals surface area contributed by atoms with Gasteiger partial charge in [0.2, 0.25) is 0 Å². The molecule has 0 aliphatic heterocycles. The van der Waals surface area contributed by atoms with Gasteiger partial charge in [-0.25, -0.2) is 0 Å². The van der Waals surface area contributed by atoms with Crippen molar-refractivity contribution in [2.24, 2.45) is 5.73 Å². The lowest BCUT2D eigenvalue weighted by atomic mass is 10.0. The normalized spacial score (nSPS) is 15.2. The molecule has 156 valence electrons. The van der Waals surface area contributed by atoms with Crippen molar-refractivity contribution >= 4 is 7.60 Å². The monoisotopic (exact) mass is 391 g/mol. The number of rotatable bonds is 17. The zero-order valence-electron chi connectivity index (χ0n) is 16.9. The van der Waals surface area contributed by atoms with E-state index in [1.165, 1.54) is 64.2 Å². The van der Waals surface area contributed by atoms with Gasteiger partial charge >= 0.3 is 7.60 Å². The van der Waals surface area contributed by atoms with Crippen LogP contribution < -0.4 is 5.73 Å². The molecule has 0 aromatic carbocycles. The Morgan fingerprint density at radius 2 is 1.42 bits per heavy atom. The maximum Gasteiger partial charge on any atom is 0.325 e. The fourth-order valence-electron chi connectivity index (χ4n) is 3.07. The average Bonchev–Trinajstić information content (AvgIpc) is 2.59. The highest BCUT2D eigenvalue weighted by Crippen LogP contribution is 2.35. The second-order valence-electron chi connectivity index (χ2n) is 7.56. The van der Waals surface area contributed by atoms with Gasteiger partial charge in [-0.15, -0.1) is 0 Å². The van der Waals surface area contributed by atoms with Crippen LogP contribution in [0.15, 0.2) is 11.6 Å². The number of hydrogen-bond acceptors (Lipinski definition) is 3. The maximum atomic E-state index is 10.9. The van der Waals surface area contributed by atoms with Crippen LogP contribution in [0.4, 0.5) is 0 Å². The van der Waals surface area contributed by atoms with Crippen molar-refractivity contribution in [2.45, 2.75) is 109 Å². The van der Waals surface area contributed by atoms with Gasteiger partial charge in [0.25, 0.3) is 0 Å². The standard InChI is InChI=1S/C20H42NO4P/c1-3-4-5-6-7-8-9-10-11-12-13-14-15-18(2)20(22)19(21)16-17-26(23,24)25/h15,19-20,22H,3-14,16-17,21H2,1-2H3,(H2,23,24,25)/b18-15-/t19-,20+/m0/s1. The molecular weight excluding hydrogens is 349 g/mol. The van der Waals surface area contributed by atoms with E-state index in [0.29, 0.717) is 0 Å². The molecule has 0 saturated heterocycles. The second-order valence-corrected chi connectivity index (χ2v) is 9.33. The van der Waals surface area contributed by atoms with E-state index in [1.807, 2.05) is 13.0 Å². The van der Waals surface area contributed by atoms with Crippen LogP contribution in [0.1, 0.15) is 97.3 Å². The molecule has 0 heterocycles. The molecule has 5 N–H and O–H groups in total. The number of aliphatic hydroxyl groups is 1. The van der Waals surface area contributed by atoms with Gasteiger partial charge in [-0.2, -0.15) is 0 Å². The first-order valence-corrected chi connectivity index (χ1v) is 12.2. The van der Waals surface area contributed by atoms with E-state index in [4.69, 9.17) is 15.5 Å². The Kier molecular flexibility index (Phi) is 15.7. The molecule has 0 unspecified atom stereocenters. The minimum absolute atomic E-state index is 0.120. The molecular formula is C20H42NO4P. The summed E-state index contributed by atoms with van der Waals surface area (Å²) in [5.74, 6) is 0. The Morgan fingerprint density at radius 3 is 1.88 bits per heavy atom. The quantitative estimate of drug-likeness (QED) is 0.161. The minimum Gasteiger partial charge on any atom is -0.387 e. The molecule has 0 aromatic heterocycles. The van der Waals surface area contributed by atoms with Crippen molar-refractivity contribution < 1.29 is 19.5 Å². The Hall–Kier alpha value is -0.190. The largest absolute Gasteiger partial charge is 0.387 e. The van der Waals surface area contributed by atoms with Crippen LogP contribution in [-0.4, -0.2) is 33.2 Å². The molecule has 0 fully saturated rings. The SMILES string of the molecule is CCCCCCCCCCCCC/C=C(/C)[C@@H](O)[C@@H](N)CCP(=O)(O)O. The van der Waals surface area contributed by atoms with E-state index in [1.54, 1.807) is 0 Å². The topological polar surface area (TPSA) is 104 Å². The minimum atomic E-state index is -4.05. The molecule has 0 rings (SSSR count). The van der Waals surface area contributed by atoms with Crippen LogP contribution in [0.2, 0.25) is 0 Å². The van der Waals surface area contributed by atoms with Gasteiger partial charge in [-0.3, -0.25) is 4.57 Å². The van der Waals surface area contributed by atoms with Gasteiger partial charge in [-0.05, 0) is 31.8 Å². The molecule has 0 aliphatic carbocycles. The summed E-state index contributed by atoms with van der Waals surface area (Å²) < 4.78 is 10.9. The van der Waals surface area contributed by atoms with Gasteiger partial charge in [0, 0.05) is 6.04 Å². The van der Waals surface area contributed by atoms with E-state index in [-0.39, 0.29) is 12.6 Å². The number of unbranched alkanes of at least 4 members (excludes halogenated alkanes) is 11. The molecule has 0 saturated carbocycles. The molecule has 0 bridgehead atoms. The van der Waals surface area contributed by atoms with Crippen LogP contribution >= 0.6 is 7.60 Å². The highest BCUT2D eigenvalue weighted by atomic mass is 31.2. The molecule has 2 atom stereocenters. The van der Waals surface area contributed by atoms with Gasteiger partial charge in [0.05, 0.1) is 12.3 Å². The fourth-order valence-corrected chi connectivity index (χ4v) is 3.71. The highest BCUT2D eigenvalue weighted by molar-refractivity contribution is 7.51. The summed E-state index contributed by atoms with van der Waals surface area (Å²) >= 11 is 0. The maximum absolute atomic E-state index is 10.9. The molecule has 5 nitrogen and oxygen atoms in total. The number of nitrogens with two attached hydrogens (primary N) is 1. The summed E-state index contributed by atoms with van der Waals surface area (Å²) in [6.45, 7) is 4.08. The summed E-state index contributed by atoms with van der Waals surface area (Å²) in [6, 6.07) is -0.629. The summed E-state index contributed by atoms with van der Waals surface area (Å²) in [7, 11) is -4.05. The van der Waals surface area contributed by atoms with Crippen LogP contribution in [0, 0.1) is 0 Å². The predicted molar refractivity (Wildman–Crippen MR) is 110 cm³/mol. The lowest BCUT2D eigenvalue weighted by molar-refractivity contribution is 0.176. The van der Waals surface area contributed by atoms with Crippen molar-refractivity contribution in [3.63, 3.8) is 0 Å². The second kappa shape index (κ2) is 15.8. The molecule has 0 aromatic rings. The smallest absolute Gasteiger partial charge is 0.325 e. The average molecular weight is 392 g/mol. The summed E-state index contributed by atoms with van der Waals surface area (Å²) in [5, 5.41) is 10.1. The summed E-state index contributed by atoms with van der Waals surface area (Å²) in [5.41, 5.74) is 6.63. The Morgan fingerprint density at radius 1 is 0.962 bits per heavy atom. The third kappa shape index (κ3) is 16.0. The Balaban J connectivity index is 3.66. The number of aliphatic hydroxyl groups excluding tert-OH is 1. The Bertz CT molecular complexity index is 409. The summed E-state index contributed by atoms with van der Waals surface area (Å²) in [6.07, 6.45) is 16.4. The van der Waals surface area contributed by atoms with Gasteiger partial charge < -0.3 is 20.6 Å². The van der Waals surface area contributed by atoms with Crippen molar-refractivity contribution in [3.05, 3.63) is 11.6 Å². The summed E-state index contributed by atoms with van der Waals surface area (Å²) in [4.78, 5) is 17.7. The van der Waals surface area contributed by atoms with Crippen molar-refractivity contribution in [3.8, 4) is 0 Å². The van der Waals surface area contributed by atoms with E-state index >= 15 is 0 Å². The van der Waals surface area contributed by atoms with E-state index in [0.717, 1.165) is 18.4 Å².